The van der Waals surface area contributed by atoms with Crippen molar-refractivity contribution in [1.29, 1.82) is 0 Å². The van der Waals surface area contributed by atoms with Crippen molar-refractivity contribution in [1.82, 2.24) is 20.5 Å². The highest BCUT2D eigenvalue weighted by Gasteiger charge is 2.31. The van der Waals surface area contributed by atoms with E-state index in [1.165, 1.54) is 11.1 Å². The van der Waals surface area contributed by atoms with E-state index in [1.807, 2.05) is 0 Å². The second-order valence-corrected chi connectivity index (χ2v) is 6.35. The van der Waals surface area contributed by atoms with Crippen LogP contribution in [0.1, 0.15) is 36.7 Å². The lowest BCUT2D eigenvalue weighted by Gasteiger charge is -2.35. The van der Waals surface area contributed by atoms with Crippen molar-refractivity contribution in [3.05, 3.63) is 41.2 Å². The molecule has 0 saturated carbocycles. The number of anilines is 1. The first-order valence-corrected chi connectivity index (χ1v) is 7.72. The number of nitrogens with zero attached hydrogens (tertiary/aromatic N) is 3. The quantitative estimate of drug-likeness (QED) is 0.880. The van der Waals surface area contributed by atoms with Crippen LogP contribution in [-0.4, -0.2) is 40.4 Å². The zero-order valence-electron chi connectivity index (χ0n) is 12.5. The normalized spacial score (nSPS) is 28.1. The van der Waals surface area contributed by atoms with Gasteiger partial charge in [0.05, 0.1) is 0 Å². The van der Waals surface area contributed by atoms with Crippen LogP contribution in [0.5, 0.6) is 0 Å². The average molecular weight is 283 g/mol. The minimum Gasteiger partial charge on any atom is -0.336 e. The van der Waals surface area contributed by atoms with E-state index < -0.39 is 0 Å². The summed E-state index contributed by atoms with van der Waals surface area (Å²) < 4.78 is 0. The monoisotopic (exact) mass is 283 g/mol. The van der Waals surface area contributed by atoms with Crippen LogP contribution in [0.2, 0.25) is 0 Å². The number of nitrogens with one attached hydrogen (secondary N) is 2. The van der Waals surface area contributed by atoms with Crippen LogP contribution in [0.3, 0.4) is 0 Å². The predicted molar refractivity (Wildman–Crippen MR) is 82.6 cm³/mol. The van der Waals surface area contributed by atoms with Crippen LogP contribution in [0, 0.1) is 0 Å². The zero-order chi connectivity index (χ0) is 14.4. The van der Waals surface area contributed by atoms with Crippen molar-refractivity contribution in [2.24, 2.45) is 0 Å². The van der Waals surface area contributed by atoms with Gasteiger partial charge in [0.15, 0.2) is 0 Å². The minimum absolute atomic E-state index is 0.389. The second kappa shape index (κ2) is 4.84. The summed E-state index contributed by atoms with van der Waals surface area (Å²) in [5, 5.41) is 11.1. The van der Waals surface area contributed by atoms with Crippen LogP contribution in [0.25, 0.3) is 0 Å². The van der Waals surface area contributed by atoms with Crippen molar-refractivity contribution < 1.29 is 0 Å². The van der Waals surface area contributed by atoms with Gasteiger partial charge in [-0.3, -0.25) is 5.10 Å². The summed E-state index contributed by atoms with van der Waals surface area (Å²) >= 11 is 0. The maximum absolute atomic E-state index is 4.76. The maximum atomic E-state index is 4.76. The molecule has 5 heteroatoms. The Bertz CT molecular complexity index is 640. The van der Waals surface area contributed by atoms with E-state index in [-0.39, 0.29) is 0 Å². The van der Waals surface area contributed by atoms with Gasteiger partial charge in [0.25, 0.3) is 0 Å². The van der Waals surface area contributed by atoms with Gasteiger partial charge in [-0.2, -0.15) is 4.98 Å². The van der Waals surface area contributed by atoms with Crippen molar-refractivity contribution in [3.63, 3.8) is 0 Å². The number of fused-ring (bicyclic) bond motifs is 1. The molecule has 0 amide bonds. The number of hydrogen-bond donors (Lipinski definition) is 2. The summed E-state index contributed by atoms with van der Waals surface area (Å²) in [6.45, 7) is 6.34. The van der Waals surface area contributed by atoms with E-state index >= 15 is 0 Å². The molecular weight excluding hydrogens is 262 g/mol. The number of aromatic nitrogens is 3. The Kier molecular flexibility index (Phi) is 2.96. The first-order valence-electron chi connectivity index (χ1n) is 7.72. The van der Waals surface area contributed by atoms with Gasteiger partial charge < -0.3 is 10.2 Å². The van der Waals surface area contributed by atoms with Gasteiger partial charge in [0, 0.05) is 31.1 Å². The Hall–Kier alpha value is -1.88. The van der Waals surface area contributed by atoms with E-state index in [4.69, 9.17) is 4.98 Å². The molecule has 0 spiro atoms. The highest BCUT2D eigenvalue weighted by atomic mass is 15.4. The molecule has 0 radical (unpaired) electrons. The number of piperazine rings is 1. The Morgan fingerprint density at radius 2 is 1.90 bits per heavy atom. The van der Waals surface area contributed by atoms with E-state index in [2.05, 4.69) is 58.5 Å². The highest BCUT2D eigenvalue weighted by Crippen LogP contribution is 2.38. The molecule has 1 saturated heterocycles. The maximum Gasteiger partial charge on any atom is 0.244 e. The molecule has 1 aliphatic heterocycles. The van der Waals surface area contributed by atoms with E-state index in [9.17, 15) is 0 Å². The van der Waals surface area contributed by atoms with Gasteiger partial charge in [0.1, 0.15) is 5.82 Å². The van der Waals surface area contributed by atoms with Crippen molar-refractivity contribution in [2.75, 3.05) is 18.0 Å². The fourth-order valence-electron chi connectivity index (χ4n) is 3.56. The molecule has 3 atom stereocenters. The summed E-state index contributed by atoms with van der Waals surface area (Å²) in [6, 6.07) is 9.54. The van der Waals surface area contributed by atoms with Crippen LogP contribution >= 0.6 is 0 Å². The lowest BCUT2D eigenvalue weighted by atomic mass is 9.77. The van der Waals surface area contributed by atoms with E-state index in [1.54, 1.807) is 0 Å². The molecule has 2 aliphatic rings. The number of aromatic amines is 1. The minimum atomic E-state index is 0.389. The van der Waals surface area contributed by atoms with Crippen LogP contribution in [0.4, 0.5) is 5.95 Å². The fourth-order valence-corrected chi connectivity index (χ4v) is 3.56. The predicted octanol–water partition coefficient (Wildman–Crippen LogP) is 1.68. The first kappa shape index (κ1) is 12.8. The molecule has 110 valence electrons. The van der Waals surface area contributed by atoms with Gasteiger partial charge >= 0.3 is 0 Å². The molecule has 1 fully saturated rings. The molecular formula is C16H21N5. The molecule has 1 aromatic heterocycles. The van der Waals surface area contributed by atoms with E-state index in [0.717, 1.165) is 31.3 Å². The van der Waals surface area contributed by atoms with Crippen LogP contribution in [0.15, 0.2) is 24.3 Å². The average Bonchev–Trinajstić information content (AvgIpc) is 2.88. The molecule has 2 N–H and O–H groups in total. The van der Waals surface area contributed by atoms with Crippen LogP contribution < -0.4 is 10.2 Å². The Morgan fingerprint density at radius 1 is 1.14 bits per heavy atom. The molecule has 5 nitrogen and oxygen atoms in total. The largest absolute Gasteiger partial charge is 0.336 e. The Balaban J connectivity index is 1.54. The summed E-state index contributed by atoms with van der Waals surface area (Å²) in [7, 11) is 0. The molecule has 3 unspecified atom stereocenters. The smallest absolute Gasteiger partial charge is 0.244 e. The summed E-state index contributed by atoms with van der Waals surface area (Å²) in [6.07, 6.45) is 1.07. The summed E-state index contributed by atoms with van der Waals surface area (Å²) in [5.74, 6) is 2.23. The molecule has 2 heterocycles. The third kappa shape index (κ3) is 2.21. The topological polar surface area (TPSA) is 56.8 Å². The fraction of sp³-hybridized carbons (Fsp3) is 0.500. The van der Waals surface area contributed by atoms with E-state index in [0.29, 0.717) is 18.0 Å². The number of H-pyrrole nitrogens is 1. The Labute approximate surface area is 124 Å². The molecule has 21 heavy (non-hydrogen) atoms. The lowest BCUT2D eigenvalue weighted by molar-refractivity contribution is 0.403. The molecule has 2 aromatic rings. The van der Waals surface area contributed by atoms with Crippen molar-refractivity contribution >= 4 is 5.95 Å². The van der Waals surface area contributed by atoms with Gasteiger partial charge in [-0.15, -0.1) is 5.10 Å². The molecule has 1 aromatic carbocycles. The zero-order valence-corrected chi connectivity index (χ0v) is 12.5. The number of rotatable bonds is 2. The van der Waals surface area contributed by atoms with Crippen molar-refractivity contribution in [2.45, 2.75) is 38.3 Å². The van der Waals surface area contributed by atoms with Gasteiger partial charge in [0.2, 0.25) is 5.95 Å². The Morgan fingerprint density at radius 3 is 2.67 bits per heavy atom. The first-order chi connectivity index (χ1) is 10.2. The third-order valence-corrected chi connectivity index (χ3v) is 4.52. The summed E-state index contributed by atoms with van der Waals surface area (Å²) in [4.78, 5) is 7.03. The highest BCUT2D eigenvalue weighted by molar-refractivity contribution is 5.45. The summed E-state index contributed by atoms with van der Waals surface area (Å²) in [5.41, 5.74) is 2.83. The molecule has 4 rings (SSSR count). The standard InChI is InChI=1S/C16H21N5/c1-10-8-21(9-11(2)17-10)16-18-15(19-20-16)14-7-12-5-3-4-6-13(12)14/h3-6,10-11,14,17H,7-9H2,1-2H3,(H,18,19,20). The van der Waals surface area contributed by atoms with Gasteiger partial charge in [-0.05, 0) is 31.4 Å². The van der Waals surface area contributed by atoms with Gasteiger partial charge in [-0.1, -0.05) is 24.3 Å². The number of hydrogen-bond acceptors (Lipinski definition) is 4. The van der Waals surface area contributed by atoms with Crippen LogP contribution in [-0.2, 0) is 6.42 Å². The lowest BCUT2D eigenvalue weighted by Crippen LogP contribution is -2.54. The van der Waals surface area contributed by atoms with Crippen molar-refractivity contribution in [3.8, 4) is 0 Å². The third-order valence-electron chi connectivity index (χ3n) is 4.52. The second-order valence-electron chi connectivity index (χ2n) is 6.35. The SMILES string of the molecule is CC1CN(c2n[nH]c(C3Cc4ccccc43)n2)CC(C)N1. The number of benzene rings is 1. The molecule has 0 bridgehead atoms. The molecule has 1 aliphatic carbocycles. The van der Waals surface area contributed by atoms with Gasteiger partial charge in [-0.25, -0.2) is 0 Å².